The summed E-state index contributed by atoms with van der Waals surface area (Å²) in [6, 6.07) is 0. The van der Waals surface area contributed by atoms with Crippen LogP contribution in [0, 0.1) is 5.92 Å². The molecule has 0 aromatic heterocycles. The summed E-state index contributed by atoms with van der Waals surface area (Å²) in [5.74, 6) is -1.11. The molecule has 0 saturated heterocycles. The third-order valence-corrected chi connectivity index (χ3v) is 1.47. The maximum Gasteiger partial charge on any atom is 0.310 e. The third kappa shape index (κ3) is 3.28. The maximum atomic E-state index is 10.4. The van der Waals surface area contributed by atoms with E-state index in [4.69, 9.17) is 5.11 Å². The fourth-order valence-corrected chi connectivity index (χ4v) is 0.766. The number of carboxylic acid groups (broad SMARTS) is 1. The Morgan fingerprint density at radius 3 is 2.70 bits per heavy atom. The molecule has 0 bridgehead atoms. The highest BCUT2D eigenvalue weighted by molar-refractivity contribution is 5.71. The molecule has 0 radical (unpaired) electrons. The summed E-state index contributed by atoms with van der Waals surface area (Å²) in [6.07, 6.45) is 4.22. The van der Waals surface area contributed by atoms with Crippen LogP contribution in [0.25, 0.3) is 0 Å². The first-order valence-corrected chi connectivity index (χ1v) is 3.57. The van der Waals surface area contributed by atoms with Crippen molar-refractivity contribution in [3.63, 3.8) is 0 Å². The SMILES string of the molecule is C=C[C@H](CCCC)C(=O)O. The normalized spacial score (nSPS) is 12.5. The first-order chi connectivity index (χ1) is 4.72. The predicted molar refractivity (Wildman–Crippen MR) is 40.8 cm³/mol. The zero-order valence-electron chi connectivity index (χ0n) is 6.34. The largest absolute Gasteiger partial charge is 0.481 e. The lowest BCUT2D eigenvalue weighted by Gasteiger charge is -2.03. The van der Waals surface area contributed by atoms with Gasteiger partial charge in [0.05, 0.1) is 5.92 Å². The minimum absolute atomic E-state index is 0.347. The number of unbranched alkanes of at least 4 members (excludes halogenated alkanes) is 1. The van der Waals surface area contributed by atoms with E-state index in [0.29, 0.717) is 0 Å². The molecule has 2 nitrogen and oxygen atoms in total. The van der Waals surface area contributed by atoms with E-state index < -0.39 is 5.97 Å². The van der Waals surface area contributed by atoms with E-state index in [9.17, 15) is 4.79 Å². The Balaban J connectivity index is 3.60. The lowest BCUT2D eigenvalue weighted by Crippen LogP contribution is -2.09. The quantitative estimate of drug-likeness (QED) is 0.596. The summed E-state index contributed by atoms with van der Waals surface area (Å²) in [5.41, 5.74) is 0. The first-order valence-electron chi connectivity index (χ1n) is 3.57. The van der Waals surface area contributed by atoms with Crippen molar-refractivity contribution < 1.29 is 9.90 Å². The van der Waals surface area contributed by atoms with Gasteiger partial charge in [0.15, 0.2) is 0 Å². The number of carbonyl (C=O) groups is 1. The molecule has 0 amide bonds. The average molecular weight is 142 g/mol. The van der Waals surface area contributed by atoms with E-state index in [1.165, 1.54) is 6.08 Å². The van der Waals surface area contributed by atoms with Gasteiger partial charge in [-0.05, 0) is 6.42 Å². The molecule has 58 valence electrons. The Labute approximate surface area is 61.6 Å². The van der Waals surface area contributed by atoms with Crippen molar-refractivity contribution >= 4 is 5.97 Å². The van der Waals surface area contributed by atoms with Crippen LogP contribution in [-0.4, -0.2) is 11.1 Å². The fourth-order valence-electron chi connectivity index (χ4n) is 0.766. The molecule has 0 aromatic rings. The summed E-state index contributed by atoms with van der Waals surface area (Å²) in [6.45, 7) is 5.50. The summed E-state index contributed by atoms with van der Waals surface area (Å²) >= 11 is 0. The third-order valence-electron chi connectivity index (χ3n) is 1.47. The topological polar surface area (TPSA) is 37.3 Å². The molecule has 1 atom stereocenters. The molecule has 0 aromatic carbocycles. The van der Waals surface area contributed by atoms with Crippen molar-refractivity contribution in [1.82, 2.24) is 0 Å². The van der Waals surface area contributed by atoms with Gasteiger partial charge in [-0.25, -0.2) is 0 Å². The van der Waals surface area contributed by atoms with Crippen LogP contribution in [0.5, 0.6) is 0 Å². The van der Waals surface area contributed by atoms with Crippen molar-refractivity contribution in [1.29, 1.82) is 0 Å². The van der Waals surface area contributed by atoms with Gasteiger partial charge in [-0.1, -0.05) is 25.8 Å². The molecule has 1 N–H and O–H groups in total. The highest BCUT2D eigenvalue weighted by Gasteiger charge is 2.10. The Kier molecular flexibility index (Phi) is 4.63. The van der Waals surface area contributed by atoms with Gasteiger partial charge in [0.1, 0.15) is 0 Å². The van der Waals surface area contributed by atoms with Crippen molar-refractivity contribution in [3.05, 3.63) is 12.7 Å². The zero-order valence-corrected chi connectivity index (χ0v) is 6.34. The molecule has 0 heterocycles. The number of hydrogen-bond acceptors (Lipinski definition) is 1. The Bertz CT molecular complexity index is 118. The predicted octanol–water partition coefficient (Wildman–Crippen LogP) is 2.06. The van der Waals surface area contributed by atoms with Crippen LogP contribution in [0.15, 0.2) is 12.7 Å². The van der Waals surface area contributed by atoms with E-state index in [2.05, 4.69) is 6.58 Å². The van der Waals surface area contributed by atoms with Crippen molar-refractivity contribution in [2.24, 2.45) is 5.92 Å². The van der Waals surface area contributed by atoms with Gasteiger partial charge in [0, 0.05) is 0 Å². The molecule has 0 fully saturated rings. The van der Waals surface area contributed by atoms with E-state index in [1.807, 2.05) is 6.92 Å². The summed E-state index contributed by atoms with van der Waals surface area (Å²) in [4.78, 5) is 10.4. The molecule has 10 heavy (non-hydrogen) atoms. The van der Waals surface area contributed by atoms with Crippen LogP contribution in [0.3, 0.4) is 0 Å². The second-order valence-electron chi connectivity index (χ2n) is 2.32. The van der Waals surface area contributed by atoms with Crippen LogP contribution in [0.4, 0.5) is 0 Å². The standard InChI is InChI=1S/C8H14O2/c1-3-5-6-7(4-2)8(9)10/h4,7H,2-3,5-6H2,1H3,(H,9,10)/t7-/m1/s1. The molecular formula is C8H14O2. The van der Waals surface area contributed by atoms with Crippen LogP contribution in [0.1, 0.15) is 26.2 Å². The molecule has 0 aliphatic heterocycles. The van der Waals surface area contributed by atoms with Gasteiger partial charge in [0.2, 0.25) is 0 Å². The second kappa shape index (κ2) is 5.03. The van der Waals surface area contributed by atoms with E-state index in [0.717, 1.165) is 19.3 Å². The Hall–Kier alpha value is -0.790. The van der Waals surface area contributed by atoms with Crippen molar-refractivity contribution in [2.75, 3.05) is 0 Å². The zero-order chi connectivity index (χ0) is 7.98. The van der Waals surface area contributed by atoms with Crippen molar-refractivity contribution in [3.8, 4) is 0 Å². The Morgan fingerprint density at radius 1 is 1.80 bits per heavy atom. The Morgan fingerprint density at radius 2 is 2.40 bits per heavy atom. The molecule has 0 unspecified atom stereocenters. The number of rotatable bonds is 5. The minimum atomic E-state index is -0.761. The van der Waals surface area contributed by atoms with Crippen LogP contribution in [0.2, 0.25) is 0 Å². The van der Waals surface area contributed by atoms with Gasteiger partial charge in [0.25, 0.3) is 0 Å². The molecule has 0 spiro atoms. The van der Waals surface area contributed by atoms with Gasteiger partial charge in [-0.2, -0.15) is 0 Å². The van der Waals surface area contributed by atoms with Gasteiger partial charge < -0.3 is 5.11 Å². The lowest BCUT2D eigenvalue weighted by atomic mass is 10.0. The smallest absolute Gasteiger partial charge is 0.310 e. The van der Waals surface area contributed by atoms with Crippen LogP contribution < -0.4 is 0 Å². The average Bonchev–Trinajstić information content (AvgIpc) is 1.89. The van der Waals surface area contributed by atoms with Crippen molar-refractivity contribution in [2.45, 2.75) is 26.2 Å². The minimum Gasteiger partial charge on any atom is -0.481 e. The molecule has 2 heteroatoms. The summed E-state index contributed by atoms with van der Waals surface area (Å²) in [5, 5.41) is 8.53. The van der Waals surface area contributed by atoms with E-state index in [-0.39, 0.29) is 5.92 Å². The second-order valence-corrected chi connectivity index (χ2v) is 2.32. The highest BCUT2D eigenvalue weighted by atomic mass is 16.4. The molecule has 0 aliphatic rings. The summed E-state index contributed by atoms with van der Waals surface area (Å²) in [7, 11) is 0. The molecule has 0 aliphatic carbocycles. The first kappa shape index (κ1) is 9.21. The van der Waals surface area contributed by atoms with Gasteiger partial charge >= 0.3 is 5.97 Å². The maximum absolute atomic E-state index is 10.4. The lowest BCUT2D eigenvalue weighted by molar-refractivity contribution is -0.140. The highest BCUT2D eigenvalue weighted by Crippen LogP contribution is 2.08. The fraction of sp³-hybridized carbons (Fsp3) is 0.625. The van der Waals surface area contributed by atoms with E-state index >= 15 is 0 Å². The summed E-state index contributed by atoms with van der Waals surface area (Å²) < 4.78 is 0. The monoisotopic (exact) mass is 142 g/mol. The van der Waals surface area contributed by atoms with Crippen LogP contribution in [-0.2, 0) is 4.79 Å². The number of hydrogen-bond donors (Lipinski definition) is 1. The van der Waals surface area contributed by atoms with Gasteiger partial charge in [-0.3, -0.25) is 4.79 Å². The number of carboxylic acids is 1. The molecule has 0 saturated carbocycles. The molecular weight excluding hydrogens is 128 g/mol. The van der Waals surface area contributed by atoms with Gasteiger partial charge in [-0.15, -0.1) is 6.58 Å². The number of aliphatic carboxylic acids is 1. The van der Waals surface area contributed by atoms with E-state index in [1.54, 1.807) is 0 Å². The van der Waals surface area contributed by atoms with Crippen LogP contribution >= 0.6 is 0 Å². The molecule has 0 rings (SSSR count).